The van der Waals surface area contributed by atoms with Gasteiger partial charge in [-0.05, 0) is 36.4 Å². The molecule has 3 aromatic rings. The molecule has 6 nitrogen and oxygen atoms in total. The minimum Gasteiger partial charge on any atom is -0.369 e. The van der Waals surface area contributed by atoms with Crippen molar-refractivity contribution in [2.45, 2.75) is 6.54 Å². The number of carbonyl (C=O) groups is 1. The molecule has 0 bridgehead atoms. The van der Waals surface area contributed by atoms with Gasteiger partial charge < -0.3 is 20.1 Å². The number of aromatic amines is 1. The standard InChI is InChI=1S/C24H26N4O2/c1-27-13-15-28(16-14-27)22-10-6-5-9-19(22)17-25-23(29)20-11-12-21(26-24(20)30)18-7-3-2-4-8-18/h2-12H,13-17H2,1H3,(H,25,29)(H,26,30). The smallest absolute Gasteiger partial charge is 0.261 e. The molecule has 0 spiro atoms. The third kappa shape index (κ3) is 4.44. The summed E-state index contributed by atoms with van der Waals surface area (Å²) in [4.78, 5) is 32.6. The van der Waals surface area contributed by atoms with Crippen molar-refractivity contribution in [3.8, 4) is 11.3 Å². The second kappa shape index (κ2) is 8.97. The van der Waals surface area contributed by atoms with Gasteiger partial charge in [-0.3, -0.25) is 9.59 Å². The van der Waals surface area contributed by atoms with Gasteiger partial charge in [-0.2, -0.15) is 0 Å². The lowest BCUT2D eigenvalue weighted by atomic mass is 10.1. The zero-order valence-corrected chi connectivity index (χ0v) is 17.1. The molecule has 1 aromatic heterocycles. The highest BCUT2D eigenvalue weighted by atomic mass is 16.2. The number of para-hydroxylation sites is 1. The molecule has 4 rings (SSSR count). The molecule has 6 heteroatoms. The Hall–Kier alpha value is -3.38. The van der Waals surface area contributed by atoms with E-state index in [0.717, 1.165) is 43.0 Å². The second-order valence-corrected chi connectivity index (χ2v) is 7.58. The number of hydrogen-bond donors (Lipinski definition) is 2. The molecule has 1 saturated heterocycles. The van der Waals surface area contributed by atoms with Crippen molar-refractivity contribution < 1.29 is 4.79 Å². The Bertz CT molecular complexity index is 1070. The van der Waals surface area contributed by atoms with Gasteiger partial charge >= 0.3 is 0 Å². The maximum Gasteiger partial charge on any atom is 0.261 e. The third-order valence-corrected chi connectivity index (χ3v) is 5.51. The van der Waals surface area contributed by atoms with Crippen molar-refractivity contribution in [2.24, 2.45) is 0 Å². The first-order chi connectivity index (χ1) is 14.6. The van der Waals surface area contributed by atoms with Crippen LogP contribution in [0.5, 0.6) is 0 Å². The number of H-pyrrole nitrogens is 1. The van der Waals surface area contributed by atoms with E-state index < -0.39 is 0 Å². The monoisotopic (exact) mass is 402 g/mol. The van der Waals surface area contributed by atoms with E-state index in [0.29, 0.717) is 12.2 Å². The van der Waals surface area contributed by atoms with Gasteiger partial charge in [-0.25, -0.2) is 0 Å². The highest BCUT2D eigenvalue weighted by molar-refractivity contribution is 5.94. The normalized spacial score (nSPS) is 14.5. The van der Waals surface area contributed by atoms with Gasteiger partial charge in [0.15, 0.2) is 0 Å². The van der Waals surface area contributed by atoms with Crippen LogP contribution in [0, 0.1) is 0 Å². The van der Waals surface area contributed by atoms with E-state index in [4.69, 9.17) is 0 Å². The molecule has 0 radical (unpaired) electrons. The average Bonchev–Trinajstić information content (AvgIpc) is 2.79. The fourth-order valence-electron chi connectivity index (χ4n) is 3.73. The van der Waals surface area contributed by atoms with Gasteiger partial charge in [0, 0.05) is 44.1 Å². The van der Waals surface area contributed by atoms with Crippen molar-refractivity contribution >= 4 is 11.6 Å². The quantitative estimate of drug-likeness (QED) is 0.689. The molecular formula is C24H26N4O2. The Morgan fingerprint density at radius 2 is 1.63 bits per heavy atom. The van der Waals surface area contributed by atoms with E-state index >= 15 is 0 Å². The topological polar surface area (TPSA) is 68.4 Å². The first kappa shape index (κ1) is 19.9. The number of nitrogens with one attached hydrogen (secondary N) is 2. The van der Waals surface area contributed by atoms with E-state index in [1.54, 1.807) is 12.1 Å². The zero-order valence-electron chi connectivity index (χ0n) is 17.1. The Morgan fingerprint density at radius 1 is 0.933 bits per heavy atom. The van der Waals surface area contributed by atoms with E-state index in [-0.39, 0.29) is 17.0 Å². The fourth-order valence-corrected chi connectivity index (χ4v) is 3.73. The second-order valence-electron chi connectivity index (χ2n) is 7.58. The van der Waals surface area contributed by atoms with Gasteiger partial charge in [-0.15, -0.1) is 0 Å². The molecule has 154 valence electrons. The SMILES string of the molecule is CN1CCN(c2ccccc2CNC(=O)c2ccc(-c3ccccc3)[nH]c2=O)CC1. The number of likely N-dealkylation sites (N-methyl/N-ethyl adjacent to an activating group) is 1. The maximum absolute atomic E-state index is 12.7. The molecular weight excluding hydrogens is 376 g/mol. The number of rotatable bonds is 5. The number of piperazine rings is 1. The zero-order chi connectivity index (χ0) is 20.9. The van der Waals surface area contributed by atoms with Gasteiger partial charge in [0.05, 0.1) is 0 Å². The molecule has 2 aromatic carbocycles. The number of nitrogens with zero attached hydrogens (tertiary/aromatic N) is 2. The highest BCUT2D eigenvalue weighted by Crippen LogP contribution is 2.22. The van der Waals surface area contributed by atoms with Crippen LogP contribution >= 0.6 is 0 Å². The van der Waals surface area contributed by atoms with Crippen molar-refractivity contribution in [1.29, 1.82) is 0 Å². The van der Waals surface area contributed by atoms with Crippen molar-refractivity contribution in [3.63, 3.8) is 0 Å². The minimum atomic E-state index is -0.388. The summed E-state index contributed by atoms with van der Waals surface area (Å²) in [5.74, 6) is -0.371. The third-order valence-electron chi connectivity index (χ3n) is 5.51. The lowest BCUT2D eigenvalue weighted by Gasteiger charge is -2.35. The van der Waals surface area contributed by atoms with Crippen LogP contribution in [-0.2, 0) is 6.54 Å². The number of hydrogen-bond acceptors (Lipinski definition) is 4. The average molecular weight is 402 g/mol. The molecule has 1 aliphatic rings. The number of aromatic nitrogens is 1. The van der Waals surface area contributed by atoms with Crippen LogP contribution in [0.3, 0.4) is 0 Å². The van der Waals surface area contributed by atoms with Gasteiger partial charge in [-0.1, -0.05) is 48.5 Å². The van der Waals surface area contributed by atoms with Crippen LogP contribution in [0.4, 0.5) is 5.69 Å². The van der Waals surface area contributed by atoms with Gasteiger partial charge in [0.1, 0.15) is 5.56 Å². The Morgan fingerprint density at radius 3 is 2.37 bits per heavy atom. The molecule has 0 atom stereocenters. The summed E-state index contributed by atoms with van der Waals surface area (Å²) in [6, 6.07) is 21.0. The predicted molar refractivity (Wildman–Crippen MR) is 120 cm³/mol. The van der Waals surface area contributed by atoms with E-state index in [9.17, 15) is 9.59 Å². The molecule has 2 N–H and O–H groups in total. The van der Waals surface area contributed by atoms with Crippen molar-refractivity contribution in [3.05, 3.63) is 88.2 Å². The van der Waals surface area contributed by atoms with Gasteiger partial charge in [0.2, 0.25) is 0 Å². The first-order valence-corrected chi connectivity index (χ1v) is 10.2. The molecule has 0 unspecified atom stereocenters. The summed E-state index contributed by atoms with van der Waals surface area (Å²) in [7, 11) is 2.13. The lowest BCUT2D eigenvalue weighted by Crippen LogP contribution is -2.45. The predicted octanol–water partition coefficient (Wildman–Crippen LogP) is 2.72. The Balaban J connectivity index is 1.46. The highest BCUT2D eigenvalue weighted by Gasteiger charge is 2.17. The van der Waals surface area contributed by atoms with Crippen LogP contribution in [-0.4, -0.2) is 49.0 Å². The molecule has 1 amide bonds. The van der Waals surface area contributed by atoms with Crippen LogP contribution in [0.15, 0.2) is 71.5 Å². The number of pyridine rings is 1. The maximum atomic E-state index is 12.7. The van der Waals surface area contributed by atoms with Crippen LogP contribution in [0.2, 0.25) is 0 Å². The summed E-state index contributed by atoms with van der Waals surface area (Å²) in [6.45, 7) is 4.33. The van der Waals surface area contributed by atoms with Crippen LogP contribution in [0.1, 0.15) is 15.9 Å². The summed E-state index contributed by atoms with van der Waals surface area (Å²) in [5.41, 5.74) is 3.51. The molecule has 0 aliphatic carbocycles. The lowest BCUT2D eigenvalue weighted by molar-refractivity contribution is 0.0949. The summed E-state index contributed by atoms with van der Waals surface area (Å²) in [6.07, 6.45) is 0. The van der Waals surface area contributed by atoms with Gasteiger partial charge in [0.25, 0.3) is 11.5 Å². The summed E-state index contributed by atoms with van der Waals surface area (Å²) < 4.78 is 0. The molecule has 0 saturated carbocycles. The fraction of sp³-hybridized carbons (Fsp3) is 0.250. The molecule has 2 heterocycles. The number of amides is 1. The number of benzene rings is 2. The Labute approximate surface area is 176 Å². The van der Waals surface area contributed by atoms with Crippen molar-refractivity contribution in [2.75, 3.05) is 38.1 Å². The molecule has 30 heavy (non-hydrogen) atoms. The number of carbonyl (C=O) groups excluding carboxylic acids is 1. The van der Waals surface area contributed by atoms with Crippen molar-refractivity contribution in [1.82, 2.24) is 15.2 Å². The largest absolute Gasteiger partial charge is 0.369 e. The van der Waals surface area contributed by atoms with E-state index in [1.807, 2.05) is 48.5 Å². The Kier molecular flexibility index (Phi) is 5.95. The molecule has 1 aliphatic heterocycles. The van der Waals surface area contributed by atoms with Crippen LogP contribution < -0.4 is 15.8 Å². The first-order valence-electron chi connectivity index (χ1n) is 10.2. The van der Waals surface area contributed by atoms with Crippen LogP contribution in [0.25, 0.3) is 11.3 Å². The number of anilines is 1. The minimum absolute atomic E-state index is 0.117. The summed E-state index contributed by atoms with van der Waals surface area (Å²) >= 11 is 0. The van der Waals surface area contributed by atoms with E-state index in [2.05, 4.69) is 33.2 Å². The van der Waals surface area contributed by atoms with E-state index in [1.165, 1.54) is 0 Å². The summed E-state index contributed by atoms with van der Waals surface area (Å²) in [5, 5.41) is 2.91. The molecule has 1 fully saturated rings.